The molecule has 0 bridgehead atoms. The molecular formula is C21H27NO3. The van der Waals surface area contributed by atoms with Gasteiger partial charge < -0.3 is 14.6 Å². The highest BCUT2D eigenvalue weighted by Crippen LogP contribution is 2.22. The van der Waals surface area contributed by atoms with Gasteiger partial charge in [-0.25, -0.2) is 0 Å². The predicted molar refractivity (Wildman–Crippen MR) is 99.8 cm³/mol. The second kappa shape index (κ2) is 8.48. The van der Waals surface area contributed by atoms with Crippen LogP contribution in [-0.2, 0) is 4.74 Å². The Kier molecular flexibility index (Phi) is 6.08. The Morgan fingerprint density at radius 2 is 1.60 bits per heavy atom. The highest BCUT2D eigenvalue weighted by atomic mass is 16.5. The SMILES string of the molecule is C[C@H]1CN(C[C@H](O)COc2ccc(-c3ccccc3)cc2)C[C@H](C)O1. The lowest BCUT2D eigenvalue weighted by atomic mass is 10.1. The number of β-amino-alcohol motifs (C(OH)–C–C–N with tert-alkyl or cyclic N) is 1. The van der Waals surface area contributed by atoms with Crippen molar-refractivity contribution in [1.29, 1.82) is 0 Å². The van der Waals surface area contributed by atoms with Gasteiger partial charge in [-0.2, -0.15) is 0 Å². The van der Waals surface area contributed by atoms with Crippen molar-refractivity contribution in [1.82, 2.24) is 4.90 Å². The van der Waals surface area contributed by atoms with Gasteiger partial charge in [0.05, 0.1) is 12.2 Å². The molecular weight excluding hydrogens is 314 g/mol. The molecule has 0 radical (unpaired) electrons. The van der Waals surface area contributed by atoms with Crippen LogP contribution < -0.4 is 4.74 Å². The highest BCUT2D eigenvalue weighted by molar-refractivity contribution is 5.63. The largest absolute Gasteiger partial charge is 0.491 e. The highest BCUT2D eigenvalue weighted by Gasteiger charge is 2.23. The van der Waals surface area contributed by atoms with Crippen molar-refractivity contribution in [3.63, 3.8) is 0 Å². The summed E-state index contributed by atoms with van der Waals surface area (Å²) >= 11 is 0. The van der Waals surface area contributed by atoms with Crippen LogP contribution in [0.5, 0.6) is 5.75 Å². The molecule has 3 rings (SSSR count). The normalized spacial score (nSPS) is 22.5. The van der Waals surface area contributed by atoms with E-state index < -0.39 is 6.10 Å². The van der Waals surface area contributed by atoms with Crippen molar-refractivity contribution in [2.75, 3.05) is 26.2 Å². The minimum absolute atomic E-state index is 0.211. The lowest BCUT2D eigenvalue weighted by molar-refractivity contribution is -0.0786. The predicted octanol–water partition coefficient (Wildman–Crippen LogP) is 3.20. The summed E-state index contributed by atoms with van der Waals surface area (Å²) < 4.78 is 11.5. The van der Waals surface area contributed by atoms with E-state index in [2.05, 4.69) is 30.9 Å². The zero-order valence-corrected chi connectivity index (χ0v) is 15.0. The van der Waals surface area contributed by atoms with Gasteiger partial charge in [-0.1, -0.05) is 42.5 Å². The van der Waals surface area contributed by atoms with E-state index in [0.29, 0.717) is 13.2 Å². The monoisotopic (exact) mass is 341 g/mol. The van der Waals surface area contributed by atoms with Gasteiger partial charge in [0.1, 0.15) is 18.5 Å². The molecule has 0 aromatic heterocycles. The van der Waals surface area contributed by atoms with Crippen LogP contribution in [-0.4, -0.2) is 54.6 Å². The standard InChI is InChI=1S/C21H27NO3/c1-16-12-22(13-17(2)25-16)14-20(23)15-24-21-10-8-19(9-11-21)18-6-4-3-5-7-18/h3-11,16-17,20,23H,12-15H2,1-2H3/t16-,17-,20-/m0/s1. The fourth-order valence-electron chi connectivity index (χ4n) is 3.35. The number of rotatable bonds is 6. The third-order valence-electron chi connectivity index (χ3n) is 4.37. The Morgan fingerprint density at radius 3 is 2.24 bits per heavy atom. The van der Waals surface area contributed by atoms with Crippen molar-refractivity contribution in [2.45, 2.75) is 32.2 Å². The molecule has 3 atom stereocenters. The fraction of sp³-hybridized carbons (Fsp3) is 0.429. The van der Waals surface area contributed by atoms with Crippen LogP contribution in [0.25, 0.3) is 11.1 Å². The average molecular weight is 341 g/mol. The molecule has 4 nitrogen and oxygen atoms in total. The maximum absolute atomic E-state index is 10.3. The van der Waals surface area contributed by atoms with E-state index in [1.807, 2.05) is 42.5 Å². The Bertz CT molecular complexity index is 634. The Balaban J connectivity index is 1.48. The van der Waals surface area contributed by atoms with E-state index >= 15 is 0 Å². The minimum Gasteiger partial charge on any atom is -0.491 e. The first-order chi connectivity index (χ1) is 12.1. The van der Waals surface area contributed by atoms with Crippen LogP contribution in [0, 0.1) is 0 Å². The number of aliphatic hydroxyl groups is 1. The first-order valence-electron chi connectivity index (χ1n) is 8.94. The molecule has 1 fully saturated rings. The van der Waals surface area contributed by atoms with Gasteiger partial charge in [0.15, 0.2) is 0 Å². The maximum atomic E-state index is 10.3. The van der Waals surface area contributed by atoms with Crippen molar-refractivity contribution < 1.29 is 14.6 Å². The van der Waals surface area contributed by atoms with Crippen LogP contribution in [0.4, 0.5) is 0 Å². The molecule has 0 aliphatic carbocycles. The number of ether oxygens (including phenoxy) is 2. The summed E-state index contributed by atoms with van der Waals surface area (Å²) in [6.45, 7) is 6.75. The van der Waals surface area contributed by atoms with Crippen molar-refractivity contribution in [3.05, 3.63) is 54.6 Å². The topological polar surface area (TPSA) is 41.9 Å². The maximum Gasteiger partial charge on any atom is 0.119 e. The van der Waals surface area contributed by atoms with E-state index in [0.717, 1.165) is 24.4 Å². The molecule has 0 unspecified atom stereocenters. The van der Waals surface area contributed by atoms with Gasteiger partial charge in [-0.3, -0.25) is 4.90 Å². The van der Waals surface area contributed by atoms with Crippen LogP contribution in [0.1, 0.15) is 13.8 Å². The Hall–Kier alpha value is -1.88. The average Bonchev–Trinajstić information content (AvgIpc) is 2.60. The van der Waals surface area contributed by atoms with Crippen molar-refractivity contribution in [3.8, 4) is 16.9 Å². The third kappa shape index (κ3) is 5.30. The van der Waals surface area contributed by atoms with E-state index in [1.165, 1.54) is 5.56 Å². The molecule has 0 amide bonds. The first kappa shape index (κ1) is 17.9. The lowest BCUT2D eigenvalue weighted by Crippen LogP contribution is -2.48. The summed E-state index contributed by atoms with van der Waals surface area (Å²) in [5, 5.41) is 10.3. The van der Waals surface area contributed by atoms with Crippen LogP contribution in [0.3, 0.4) is 0 Å². The van der Waals surface area contributed by atoms with Crippen molar-refractivity contribution >= 4 is 0 Å². The lowest BCUT2D eigenvalue weighted by Gasteiger charge is -2.36. The summed E-state index contributed by atoms with van der Waals surface area (Å²) in [6.07, 6.45) is -0.0869. The van der Waals surface area contributed by atoms with Gasteiger partial charge in [0.25, 0.3) is 0 Å². The molecule has 2 aromatic rings. The zero-order chi connectivity index (χ0) is 17.6. The smallest absolute Gasteiger partial charge is 0.119 e. The molecule has 25 heavy (non-hydrogen) atoms. The Labute approximate surface area is 150 Å². The molecule has 1 aliphatic heterocycles. The molecule has 1 N–H and O–H groups in total. The summed E-state index contributed by atoms with van der Waals surface area (Å²) in [6, 6.07) is 18.2. The van der Waals surface area contributed by atoms with E-state index in [1.54, 1.807) is 0 Å². The zero-order valence-electron chi connectivity index (χ0n) is 15.0. The molecule has 0 saturated carbocycles. The number of hydrogen-bond donors (Lipinski definition) is 1. The molecule has 1 saturated heterocycles. The first-order valence-corrected chi connectivity index (χ1v) is 8.94. The number of nitrogens with zero attached hydrogens (tertiary/aromatic N) is 1. The molecule has 2 aromatic carbocycles. The summed E-state index contributed by atoms with van der Waals surface area (Å²) in [7, 11) is 0. The van der Waals surface area contributed by atoms with E-state index in [-0.39, 0.29) is 12.2 Å². The second-order valence-electron chi connectivity index (χ2n) is 6.83. The van der Waals surface area contributed by atoms with Gasteiger partial charge >= 0.3 is 0 Å². The Morgan fingerprint density at radius 1 is 1.00 bits per heavy atom. The number of benzene rings is 2. The minimum atomic E-state index is -0.508. The molecule has 0 spiro atoms. The number of morpholine rings is 1. The molecule has 1 aliphatic rings. The van der Waals surface area contributed by atoms with E-state index in [9.17, 15) is 5.11 Å². The summed E-state index contributed by atoms with van der Waals surface area (Å²) in [4.78, 5) is 2.24. The quantitative estimate of drug-likeness (QED) is 0.876. The van der Waals surface area contributed by atoms with Gasteiger partial charge in [-0.05, 0) is 37.1 Å². The third-order valence-corrected chi connectivity index (χ3v) is 4.37. The molecule has 4 heteroatoms. The summed E-state index contributed by atoms with van der Waals surface area (Å²) in [5.74, 6) is 0.780. The summed E-state index contributed by atoms with van der Waals surface area (Å²) in [5.41, 5.74) is 2.34. The number of aliphatic hydroxyl groups excluding tert-OH is 1. The van der Waals surface area contributed by atoms with Crippen LogP contribution >= 0.6 is 0 Å². The fourth-order valence-corrected chi connectivity index (χ4v) is 3.35. The molecule has 1 heterocycles. The van der Waals surface area contributed by atoms with E-state index in [4.69, 9.17) is 9.47 Å². The van der Waals surface area contributed by atoms with Crippen molar-refractivity contribution in [2.24, 2.45) is 0 Å². The van der Waals surface area contributed by atoms with Gasteiger partial charge in [0.2, 0.25) is 0 Å². The number of hydrogen-bond acceptors (Lipinski definition) is 4. The second-order valence-corrected chi connectivity index (χ2v) is 6.83. The van der Waals surface area contributed by atoms with Gasteiger partial charge in [0, 0.05) is 19.6 Å². The van der Waals surface area contributed by atoms with Crippen LogP contribution in [0.2, 0.25) is 0 Å². The van der Waals surface area contributed by atoms with Gasteiger partial charge in [-0.15, -0.1) is 0 Å². The molecule has 134 valence electrons. The van der Waals surface area contributed by atoms with Crippen LogP contribution in [0.15, 0.2) is 54.6 Å².